The van der Waals surface area contributed by atoms with Gasteiger partial charge in [-0.2, -0.15) is 0 Å². The second-order valence-electron chi connectivity index (χ2n) is 7.09. The summed E-state index contributed by atoms with van der Waals surface area (Å²) in [5.41, 5.74) is 3.63. The van der Waals surface area contributed by atoms with Gasteiger partial charge in [0, 0.05) is 24.8 Å². The molecule has 1 fully saturated rings. The number of carbonyl (C=O) groups is 3. The minimum Gasteiger partial charge on any atom is -0.356 e. The number of nitrogens with zero attached hydrogens (tertiary/aromatic N) is 1. The first-order valence-electron chi connectivity index (χ1n) is 9.46. The first-order valence-corrected chi connectivity index (χ1v) is 9.46. The molecular formula is C22H21N3O3. The molecule has 0 spiro atoms. The van der Waals surface area contributed by atoms with E-state index in [0.29, 0.717) is 30.8 Å². The van der Waals surface area contributed by atoms with Gasteiger partial charge in [-0.1, -0.05) is 24.3 Å². The molecule has 2 aromatic rings. The van der Waals surface area contributed by atoms with Crippen LogP contribution in [0.15, 0.2) is 54.2 Å². The highest BCUT2D eigenvalue weighted by Crippen LogP contribution is 2.31. The summed E-state index contributed by atoms with van der Waals surface area (Å²) in [6, 6.07) is 10.7. The van der Waals surface area contributed by atoms with Crippen LogP contribution in [0.25, 0.3) is 0 Å². The average molecular weight is 375 g/mol. The van der Waals surface area contributed by atoms with E-state index in [1.165, 1.54) is 0 Å². The van der Waals surface area contributed by atoms with E-state index in [4.69, 9.17) is 0 Å². The summed E-state index contributed by atoms with van der Waals surface area (Å²) < 4.78 is 0. The summed E-state index contributed by atoms with van der Waals surface area (Å²) >= 11 is 0. The maximum Gasteiger partial charge on any atom is 0.270 e. The van der Waals surface area contributed by atoms with Crippen LogP contribution < -0.4 is 10.6 Å². The third-order valence-corrected chi connectivity index (χ3v) is 5.31. The van der Waals surface area contributed by atoms with Crippen LogP contribution in [0.3, 0.4) is 0 Å². The summed E-state index contributed by atoms with van der Waals surface area (Å²) in [4.78, 5) is 41.2. The Morgan fingerprint density at radius 3 is 2.86 bits per heavy atom. The number of ketones is 1. The van der Waals surface area contributed by atoms with Gasteiger partial charge in [-0.05, 0) is 54.2 Å². The SMILES string of the molecule is O=C(NCc1cccc2c1CC(C1CCCNC1=O)=CC2=O)c1ccccn1. The van der Waals surface area contributed by atoms with Crippen LogP contribution in [0, 0.1) is 5.92 Å². The summed E-state index contributed by atoms with van der Waals surface area (Å²) in [5, 5.41) is 5.76. The molecule has 6 heteroatoms. The van der Waals surface area contributed by atoms with Crippen LogP contribution in [0.4, 0.5) is 0 Å². The lowest BCUT2D eigenvalue weighted by atomic mass is 9.79. The van der Waals surface area contributed by atoms with Gasteiger partial charge in [-0.25, -0.2) is 0 Å². The fourth-order valence-electron chi connectivity index (χ4n) is 3.85. The van der Waals surface area contributed by atoms with Crippen molar-refractivity contribution in [2.75, 3.05) is 6.54 Å². The van der Waals surface area contributed by atoms with Gasteiger partial charge in [-0.3, -0.25) is 19.4 Å². The van der Waals surface area contributed by atoms with Gasteiger partial charge in [0.15, 0.2) is 5.78 Å². The van der Waals surface area contributed by atoms with E-state index in [0.717, 1.165) is 29.5 Å². The lowest BCUT2D eigenvalue weighted by Crippen LogP contribution is -2.38. The number of pyridine rings is 1. The smallest absolute Gasteiger partial charge is 0.270 e. The molecule has 0 saturated carbocycles. The molecule has 4 rings (SSSR count). The quantitative estimate of drug-likeness (QED) is 0.858. The zero-order valence-corrected chi connectivity index (χ0v) is 15.4. The minimum absolute atomic E-state index is 0.00492. The Morgan fingerprint density at radius 2 is 2.07 bits per heavy atom. The van der Waals surface area contributed by atoms with Crippen LogP contribution in [0.1, 0.15) is 44.8 Å². The van der Waals surface area contributed by atoms with Gasteiger partial charge in [-0.15, -0.1) is 0 Å². The Hall–Kier alpha value is -3.28. The molecule has 2 amide bonds. The van der Waals surface area contributed by atoms with E-state index in [-0.39, 0.29) is 23.5 Å². The maximum atomic E-state index is 12.7. The molecule has 1 unspecified atom stereocenters. The van der Waals surface area contributed by atoms with E-state index in [1.54, 1.807) is 36.5 Å². The molecule has 142 valence electrons. The average Bonchev–Trinajstić information content (AvgIpc) is 2.73. The van der Waals surface area contributed by atoms with Crippen molar-refractivity contribution in [1.29, 1.82) is 0 Å². The van der Waals surface area contributed by atoms with E-state index in [2.05, 4.69) is 15.6 Å². The number of hydrogen-bond acceptors (Lipinski definition) is 4. The molecule has 2 aliphatic rings. The number of fused-ring (bicyclic) bond motifs is 1. The summed E-state index contributed by atoms with van der Waals surface area (Å²) in [6.45, 7) is 0.994. The second-order valence-corrected chi connectivity index (χ2v) is 7.09. The summed E-state index contributed by atoms with van der Waals surface area (Å²) in [7, 11) is 0. The Balaban J connectivity index is 1.55. The number of carbonyl (C=O) groups excluding carboxylic acids is 3. The Bertz CT molecular complexity index is 966. The molecule has 1 aliphatic heterocycles. The van der Waals surface area contributed by atoms with E-state index >= 15 is 0 Å². The minimum atomic E-state index is -0.261. The lowest BCUT2D eigenvalue weighted by Gasteiger charge is -2.28. The number of benzene rings is 1. The van der Waals surface area contributed by atoms with Gasteiger partial charge in [0.2, 0.25) is 5.91 Å². The van der Waals surface area contributed by atoms with E-state index in [9.17, 15) is 14.4 Å². The predicted molar refractivity (Wildman–Crippen MR) is 104 cm³/mol. The fourth-order valence-corrected chi connectivity index (χ4v) is 3.85. The first kappa shape index (κ1) is 18.1. The normalized spacial score (nSPS) is 18.7. The van der Waals surface area contributed by atoms with Gasteiger partial charge in [0.1, 0.15) is 5.69 Å². The van der Waals surface area contributed by atoms with Crippen molar-refractivity contribution in [1.82, 2.24) is 15.6 Å². The molecule has 1 aromatic heterocycles. The Kier molecular flexibility index (Phi) is 5.02. The number of piperidine rings is 1. The van der Waals surface area contributed by atoms with Gasteiger partial charge in [0.25, 0.3) is 5.91 Å². The number of nitrogens with one attached hydrogen (secondary N) is 2. The van der Waals surface area contributed by atoms with Crippen molar-refractivity contribution in [3.05, 3.63) is 76.6 Å². The highest BCUT2D eigenvalue weighted by molar-refractivity contribution is 6.08. The molecule has 1 aromatic carbocycles. The maximum absolute atomic E-state index is 12.7. The number of hydrogen-bond donors (Lipinski definition) is 2. The highest BCUT2D eigenvalue weighted by atomic mass is 16.2. The lowest BCUT2D eigenvalue weighted by molar-refractivity contribution is -0.125. The topological polar surface area (TPSA) is 88.2 Å². The van der Waals surface area contributed by atoms with E-state index in [1.807, 2.05) is 12.1 Å². The Morgan fingerprint density at radius 1 is 1.18 bits per heavy atom. The number of aromatic nitrogens is 1. The van der Waals surface area contributed by atoms with Crippen LogP contribution in [0.2, 0.25) is 0 Å². The molecule has 2 N–H and O–H groups in total. The standard InChI is InChI=1S/C22H21N3O3/c26-20-12-15(16-7-4-10-24-21(16)27)11-18-14(5-3-6-17(18)20)13-25-22(28)19-8-1-2-9-23-19/h1-3,5-6,8-9,12,16H,4,7,10-11,13H2,(H,24,27)(H,25,28). The molecule has 6 nitrogen and oxygen atoms in total. The third kappa shape index (κ3) is 3.58. The fraction of sp³-hybridized carbons (Fsp3) is 0.273. The number of allylic oxidation sites excluding steroid dienone is 1. The second kappa shape index (κ2) is 7.76. The number of amides is 2. The van der Waals surface area contributed by atoms with E-state index < -0.39 is 0 Å². The van der Waals surface area contributed by atoms with Crippen molar-refractivity contribution in [3.8, 4) is 0 Å². The van der Waals surface area contributed by atoms with Crippen molar-refractivity contribution >= 4 is 17.6 Å². The van der Waals surface area contributed by atoms with Crippen molar-refractivity contribution < 1.29 is 14.4 Å². The van der Waals surface area contributed by atoms with Gasteiger partial charge < -0.3 is 10.6 Å². The van der Waals surface area contributed by atoms with Crippen molar-refractivity contribution in [3.63, 3.8) is 0 Å². The monoisotopic (exact) mass is 375 g/mol. The molecule has 1 atom stereocenters. The molecular weight excluding hydrogens is 354 g/mol. The third-order valence-electron chi connectivity index (χ3n) is 5.31. The van der Waals surface area contributed by atoms with Crippen LogP contribution in [-0.4, -0.2) is 29.1 Å². The molecule has 1 aliphatic carbocycles. The molecule has 0 bridgehead atoms. The molecule has 0 radical (unpaired) electrons. The zero-order valence-electron chi connectivity index (χ0n) is 15.4. The Labute approximate surface area is 163 Å². The van der Waals surface area contributed by atoms with Gasteiger partial charge in [0.05, 0.1) is 5.92 Å². The first-order chi connectivity index (χ1) is 13.6. The largest absolute Gasteiger partial charge is 0.356 e. The molecule has 2 heterocycles. The van der Waals surface area contributed by atoms with Crippen molar-refractivity contribution in [2.45, 2.75) is 25.8 Å². The number of rotatable bonds is 4. The van der Waals surface area contributed by atoms with Crippen LogP contribution in [-0.2, 0) is 17.8 Å². The zero-order chi connectivity index (χ0) is 19.5. The summed E-state index contributed by atoms with van der Waals surface area (Å²) in [5.74, 6) is -0.591. The van der Waals surface area contributed by atoms with Gasteiger partial charge >= 0.3 is 0 Å². The summed E-state index contributed by atoms with van der Waals surface area (Å²) in [6.07, 6.45) is 5.42. The molecule has 28 heavy (non-hydrogen) atoms. The van der Waals surface area contributed by atoms with Crippen molar-refractivity contribution in [2.24, 2.45) is 5.92 Å². The van der Waals surface area contributed by atoms with Crippen LogP contribution in [0.5, 0.6) is 0 Å². The highest BCUT2D eigenvalue weighted by Gasteiger charge is 2.30. The predicted octanol–water partition coefficient (Wildman–Crippen LogP) is 2.20. The van der Waals surface area contributed by atoms with Crippen LogP contribution >= 0.6 is 0 Å². The molecule has 1 saturated heterocycles.